The third-order valence-electron chi connectivity index (χ3n) is 7.44. The molecule has 2 amide bonds. The number of amides is 2. The van der Waals surface area contributed by atoms with Crippen LogP contribution in [-0.4, -0.2) is 31.3 Å². The van der Waals surface area contributed by atoms with Crippen LogP contribution in [0.1, 0.15) is 60.7 Å². The Morgan fingerprint density at radius 1 is 1.00 bits per heavy atom. The van der Waals surface area contributed by atoms with Crippen molar-refractivity contribution in [1.82, 2.24) is 24.6 Å². The van der Waals surface area contributed by atoms with Crippen molar-refractivity contribution in [3.8, 4) is 11.5 Å². The molecule has 4 aromatic rings. The van der Waals surface area contributed by atoms with Crippen LogP contribution in [-0.2, 0) is 6.54 Å². The number of aryl methyl sites for hydroxylation is 1. The zero-order valence-corrected chi connectivity index (χ0v) is 21.2. The first-order valence-electron chi connectivity index (χ1n) is 12.7. The number of carbonyl (C=O) groups is 1. The van der Waals surface area contributed by atoms with Crippen molar-refractivity contribution < 1.29 is 4.79 Å². The Labute approximate surface area is 216 Å². The van der Waals surface area contributed by atoms with E-state index in [2.05, 4.69) is 40.3 Å². The number of para-hydroxylation sites is 1. The van der Waals surface area contributed by atoms with Gasteiger partial charge in [-0.2, -0.15) is 5.10 Å². The molecule has 0 bridgehead atoms. The fourth-order valence-corrected chi connectivity index (χ4v) is 5.88. The maximum atomic E-state index is 14.0. The molecular weight excluding hydrogens is 470 g/mol. The van der Waals surface area contributed by atoms with E-state index in [1.807, 2.05) is 59.0 Å². The van der Waals surface area contributed by atoms with Gasteiger partial charge in [-0.15, -0.1) is 0 Å². The van der Waals surface area contributed by atoms with Crippen LogP contribution in [0.4, 0.5) is 4.79 Å². The Balaban J connectivity index is 1.51. The highest BCUT2D eigenvalue weighted by Crippen LogP contribution is 2.39. The van der Waals surface area contributed by atoms with Gasteiger partial charge in [0.05, 0.1) is 29.7 Å². The van der Waals surface area contributed by atoms with Gasteiger partial charge in [-0.05, 0) is 61.7 Å². The first-order valence-corrected chi connectivity index (χ1v) is 13.1. The molecule has 0 spiro atoms. The number of nitrogens with zero attached hydrogens (tertiary/aromatic N) is 4. The van der Waals surface area contributed by atoms with E-state index in [0.29, 0.717) is 11.6 Å². The van der Waals surface area contributed by atoms with E-state index in [4.69, 9.17) is 16.7 Å². The maximum Gasteiger partial charge on any atom is 0.318 e. The first kappa shape index (κ1) is 22.9. The fourth-order valence-electron chi connectivity index (χ4n) is 5.68. The molecule has 7 heteroatoms. The molecule has 36 heavy (non-hydrogen) atoms. The second-order valence-electron chi connectivity index (χ2n) is 9.81. The van der Waals surface area contributed by atoms with Gasteiger partial charge in [0.25, 0.3) is 0 Å². The molecule has 2 aromatic carbocycles. The minimum Gasteiger partial charge on any atom is -0.335 e. The normalized spacial score (nSPS) is 17.8. The molecule has 1 atom stereocenters. The standard InChI is InChI=1S/C29H30ClN5O/c1-20-25-19-34(29(36)31-23-12-4-2-5-13-23)27(21-10-8-11-22(30)18-21)26-16-9-17-33(26)28(25)35(32-20)24-14-6-3-7-15-24/h3,6-11,14-18,23,27H,2,4-5,12-13,19H2,1H3,(H,31,36)/t27-/m0/s1. The summed E-state index contributed by atoms with van der Waals surface area (Å²) < 4.78 is 4.17. The van der Waals surface area contributed by atoms with Crippen molar-refractivity contribution in [2.45, 2.75) is 57.7 Å². The van der Waals surface area contributed by atoms with Crippen molar-refractivity contribution in [2.75, 3.05) is 0 Å². The zero-order chi connectivity index (χ0) is 24.6. The molecule has 0 radical (unpaired) electrons. The van der Waals surface area contributed by atoms with Crippen molar-refractivity contribution in [3.05, 3.63) is 100 Å². The summed E-state index contributed by atoms with van der Waals surface area (Å²) in [7, 11) is 0. The summed E-state index contributed by atoms with van der Waals surface area (Å²) in [6.07, 6.45) is 7.71. The van der Waals surface area contributed by atoms with E-state index in [1.165, 1.54) is 19.3 Å². The van der Waals surface area contributed by atoms with Crippen LogP contribution in [0.2, 0.25) is 5.02 Å². The van der Waals surface area contributed by atoms with Crippen LogP contribution >= 0.6 is 11.6 Å². The highest BCUT2D eigenvalue weighted by molar-refractivity contribution is 6.30. The summed E-state index contributed by atoms with van der Waals surface area (Å²) in [5.74, 6) is 0.971. The Bertz CT molecular complexity index is 1390. The maximum absolute atomic E-state index is 14.0. The Morgan fingerprint density at radius 2 is 1.81 bits per heavy atom. The summed E-state index contributed by atoms with van der Waals surface area (Å²) in [5.41, 5.74) is 4.94. The lowest BCUT2D eigenvalue weighted by molar-refractivity contribution is 0.173. The quantitative estimate of drug-likeness (QED) is 0.346. The number of fused-ring (bicyclic) bond motifs is 3. The smallest absolute Gasteiger partial charge is 0.318 e. The van der Waals surface area contributed by atoms with Crippen LogP contribution in [0.15, 0.2) is 72.9 Å². The summed E-state index contributed by atoms with van der Waals surface area (Å²) in [6, 6.07) is 22.0. The highest BCUT2D eigenvalue weighted by Gasteiger charge is 2.36. The zero-order valence-electron chi connectivity index (χ0n) is 20.4. The van der Waals surface area contributed by atoms with Gasteiger partial charge in [-0.25, -0.2) is 9.48 Å². The van der Waals surface area contributed by atoms with Gasteiger partial charge < -0.3 is 14.8 Å². The molecule has 3 heterocycles. The van der Waals surface area contributed by atoms with E-state index in [9.17, 15) is 4.79 Å². The molecular formula is C29H30ClN5O. The predicted octanol–water partition coefficient (Wildman–Crippen LogP) is 6.57. The lowest BCUT2D eigenvalue weighted by Gasteiger charge is -2.33. The summed E-state index contributed by atoms with van der Waals surface area (Å²) in [4.78, 5) is 15.9. The van der Waals surface area contributed by atoms with E-state index in [0.717, 1.165) is 46.9 Å². The second-order valence-corrected chi connectivity index (χ2v) is 10.2. The topological polar surface area (TPSA) is 55.1 Å². The van der Waals surface area contributed by atoms with Crippen LogP contribution < -0.4 is 5.32 Å². The molecule has 1 saturated carbocycles. The van der Waals surface area contributed by atoms with Crippen molar-refractivity contribution in [2.24, 2.45) is 0 Å². The minimum absolute atomic E-state index is 0.0423. The molecule has 1 aliphatic heterocycles. The largest absolute Gasteiger partial charge is 0.335 e. The van der Waals surface area contributed by atoms with Gasteiger partial charge in [-0.3, -0.25) is 0 Å². The molecule has 6 rings (SSSR count). The number of nitrogens with one attached hydrogen (secondary N) is 1. The SMILES string of the molecule is Cc1nn(-c2ccccc2)c2c1CN(C(=O)NC1CCCCC1)[C@@H](c1cccc(Cl)c1)c1cccn1-2. The monoisotopic (exact) mass is 499 g/mol. The van der Waals surface area contributed by atoms with Crippen LogP contribution in [0.5, 0.6) is 0 Å². The van der Waals surface area contributed by atoms with Gasteiger partial charge in [0.15, 0.2) is 0 Å². The average Bonchev–Trinajstić information content (AvgIpc) is 3.45. The van der Waals surface area contributed by atoms with E-state index < -0.39 is 0 Å². The van der Waals surface area contributed by atoms with E-state index in [-0.39, 0.29) is 18.1 Å². The lowest BCUT2D eigenvalue weighted by Crippen LogP contribution is -2.46. The lowest BCUT2D eigenvalue weighted by atomic mass is 9.95. The number of carbonyl (C=O) groups excluding carboxylic acids is 1. The van der Waals surface area contributed by atoms with Crippen LogP contribution in [0.3, 0.4) is 0 Å². The summed E-state index contributed by atoms with van der Waals surface area (Å²) in [6.45, 7) is 2.48. The van der Waals surface area contributed by atoms with Crippen LogP contribution in [0.25, 0.3) is 11.5 Å². The number of urea groups is 1. The van der Waals surface area contributed by atoms with Crippen molar-refractivity contribution in [3.63, 3.8) is 0 Å². The van der Waals surface area contributed by atoms with E-state index in [1.54, 1.807) is 0 Å². The third kappa shape index (κ3) is 4.09. The minimum atomic E-state index is -0.293. The Morgan fingerprint density at radius 3 is 2.58 bits per heavy atom. The number of hydrogen-bond acceptors (Lipinski definition) is 2. The summed E-state index contributed by atoms with van der Waals surface area (Å²) >= 11 is 6.45. The molecule has 2 aromatic heterocycles. The number of aromatic nitrogens is 3. The predicted molar refractivity (Wildman–Crippen MR) is 142 cm³/mol. The van der Waals surface area contributed by atoms with Crippen molar-refractivity contribution >= 4 is 17.6 Å². The number of halogens is 1. The Kier molecular flexibility index (Phi) is 6.05. The highest BCUT2D eigenvalue weighted by atomic mass is 35.5. The molecule has 0 saturated heterocycles. The number of benzene rings is 2. The van der Waals surface area contributed by atoms with Gasteiger partial charge >= 0.3 is 6.03 Å². The average molecular weight is 500 g/mol. The van der Waals surface area contributed by atoms with Crippen molar-refractivity contribution in [1.29, 1.82) is 0 Å². The van der Waals surface area contributed by atoms with Gasteiger partial charge in [0.1, 0.15) is 5.82 Å². The second kappa shape index (κ2) is 9.51. The third-order valence-corrected chi connectivity index (χ3v) is 7.68. The van der Waals surface area contributed by atoms with E-state index >= 15 is 0 Å². The van der Waals surface area contributed by atoms with Gasteiger partial charge in [-0.1, -0.05) is 61.2 Å². The molecule has 0 unspecified atom stereocenters. The Hall–Kier alpha value is -3.51. The number of hydrogen-bond donors (Lipinski definition) is 1. The molecule has 184 valence electrons. The van der Waals surface area contributed by atoms with Gasteiger partial charge in [0.2, 0.25) is 0 Å². The molecule has 2 aliphatic rings. The van der Waals surface area contributed by atoms with Gasteiger partial charge in [0, 0.05) is 22.8 Å². The molecule has 1 fully saturated rings. The fraction of sp³-hybridized carbons (Fsp3) is 0.310. The number of rotatable bonds is 3. The molecule has 6 nitrogen and oxygen atoms in total. The molecule has 1 aliphatic carbocycles. The molecule has 1 N–H and O–H groups in total. The summed E-state index contributed by atoms with van der Waals surface area (Å²) in [5, 5.41) is 8.94. The van der Waals surface area contributed by atoms with Crippen LogP contribution in [0, 0.1) is 6.92 Å². The first-order chi connectivity index (χ1) is 17.6.